The highest BCUT2D eigenvalue weighted by Crippen LogP contribution is 2.90. The predicted molar refractivity (Wildman–Crippen MR) is 261 cm³/mol. The molecule has 0 fully saturated rings. The zero-order valence-electron chi connectivity index (χ0n) is 28.1. The fourth-order valence-corrected chi connectivity index (χ4v) is 37.0. The van der Waals surface area contributed by atoms with Crippen LogP contribution in [0.3, 0.4) is 0 Å². The minimum absolute atomic E-state index is 1.18. The molecule has 3 aliphatic rings. The molecule has 3 heterocycles. The van der Waals surface area contributed by atoms with Gasteiger partial charge in [0.05, 0.1) is 41.4 Å². The molecular formula is C42H28P3S9+. The van der Waals surface area contributed by atoms with Gasteiger partial charge in [-0.25, -0.2) is 0 Å². The second kappa shape index (κ2) is 14.8. The quantitative estimate of drug-likeness (QED) is 0.128. The lowest BCUT2D eigenvalue weighted by atomic mass is 9.93. The molecule has 10 rings (SSSR count). The smallest absolute Gasteiger partial charge is 0.0720 e. The van der Waals surface area contributed by atoms with Crippen molar-refractivity contribution in [3.05, 3.63) is 164 Å². The first kappa shape index (κ1) is 37.0. The van der Waals surface area contributed by atoms with E-state index >= 15 is 0 Å². The Morgan fingerprint density at radius 2 is 0.722 bits per heavy atom. The topological polar surface area (TPSA) is 0 Å². The summed E-state index contributed by atoms with van der Waals surface area (Å²) in [4.78, 5) is 6.02. The third kappa shape index (κ3) is 7.01. The highest BCUT2D eigenvalue weighted by Gasteiger charge is 2.48. The number of hydrogen-bond donors (Lipinski definition) is 1. The van der Waals surface area contributed by atoms with Gasteiger partial charge in [0.15, 0.2) is 0 Å². The maximum absolute atomic E-state index is 6.48. The predicted octanol–water partition coefficient (Wildman–Crippen LogP) is 15.6. The molecule has 12 heteroatoms. The van der Waals surface area contributed by atoms with E-state index in [4.69, 9.17) is 35.9 Å². The number of fused-ring (bicyclic) bond motifs is 3. The lowest BCUT2D eigenvalue weighted by molar-refractivity contribution is 1.27. The fourth-order valence-electron chi connectivity index (χ4n) is 6.66. The van der Waals surface area contributed by atoms with Crippen molar-refractivity contribution in [2.45, 2.75) is 29.4 Å². The lowest BCUT2D eigenvalue weighted by Crippen LogP contribution is -2.01. The number of benzene rings is 7. The van der Waals surface area contributed by atoms with E-state index in [2.05, 4.69) is 164 Å². The van der Waals surface area contributed by atoms with Crippen molar-refractivity contribution >= 4 is 134 Å². The molecule has 0 aromatic heterocycles. The molecular weight excluding hydrogens is 886 g/mol. The Morgan fingerprint density at radius 3 is 1.13 bits per heavy atom. The number of thiol groups is 1. The zero-order chi connectivity index (χ0) is 36.5. The van der Waals surface area contributed by atoms with Crippen molar-refractivity contribution in [3.63, 3.8) is 0 Å². The summed E-state index contributed by atoms with van der Waals surface area (Å²) >= 11 is 29.8. The Labute approximate surface area is 356 Å². The van der Waals surface area contributed by atoms with Crippen LogP contribution >= 0.6 is 94.3 Å². The Bertz CT molecular complexity index is 2540. The van der Waals surface area contributed by atoms with Crippen LogP contribution in [0.25, 0.3) is 33.4 Å². The summed E-state index contributed by atoms with van der Waals surface area (Å²) in [6, 6.07) is 60.2. The van der Waals surface area contributed by atoms with E-state index in [-0.39, 0.29) is 0 Å². The molecule has 0 radical (unpaired) electrons. The highest BCUT2D eigenvalue weighted by atomic mass is 33.4. The van der Waals surface area contributed by atoms with Gasteiger partial charge in [0.1, 0.15) is 5.30 Å². The first-order valence-corrected chi connectivity index (χ1v) is 34.1. The second-order valence-electron chi connectivity index (χ2n) is 12.9. The first-order valence-electron chi connectivity index (χ1n) is 17.0. The molecule has 0 N–H and O–H groups in total. The highest BCUT2D eigenvalue weighted by molar-refractivity contribution is 9.18. The number of hydrogen-bond acceptors (Lipinski definition) is 9. The molecule has 0 bridgehead atoms. The summed E-state index contributed by atoms with van der Waals surface area (Å²) < 4.78 is -3.90. The van der Waals surface area contributed by atoms with E-state index in [1.807, 2.05) is 68.3 Å². The monoisotopic (exact) mass is 913 g/mol. The van der Waals surface area contributed by atoms with Crippen molar-refractivity contribution in [2.75, 3.05) is 0 Å². The standard InChI is InChI=1S/C42H28P3S9/c46-43(49-37-16-1-2-17-38(37)50-43)34-13-7-10-28(25-34)31-22-32(29-11-8-14-35(26-29)44(47)51-39-18-3-4-19-40(39)52-44)24-33(23-31)30-12-9-15-36(27-30)45(48)53-41-20-5-6-21-42(41)54-45/h1-27,46H/q+1. The van der Waals surface area contributed by atoms with Crippen LogP contribution in [0.15, 0.2) is 193 Å². The molecule has 0 nitrogen and oxygen atoms in total. The maximum Gasteiger partial charge on any atom is 0.230 e. The Hall–Kier alpha value is -1.28. The van der Waals surface area contributed by atoms with Crippen LogP contribution in [-0.2, 0) is 23.6 Å². The van der Waals surface area contributed by atoms with Gasteiger partial charge in [-0.05, 0) is 112 Å². The van der Waals surface area contributed by atoms with Crippen molar-refractivity contribution in [3.8, 4) is 33.4 Å². The van der Waals surface area contributed by atoms with Crippen molar-refractivity contribution in [1.82, 2.24) is 0 Å². The normalized spacial score (nSPS) is 17.1. The van der Waals surface area contributed by atoms with Crippen molar-refractivity contribution in [1.29, 1.82) is 0 Å². The van der Waals surface area contributed by atoms with Crippen LogP contribution in [-0.4, -0.2) is 0 Å². The average molecular weight is 914 g/mol. The molecule has 0 spiro atoms. The molecule has 0 aliphatic carbocycles. The summed E-state index contributed by atoms with van der Waals surface area (Å²) in [5, 5.41) is 3.80. The fraction of sp³-hybridized carbons (Fsp3) is 0. The Morgan fingerprint density at radius 1 is 0.370 bits per heavy atom. The van der Waals surface area contributed by atoms with Crippen LogP contribution in [0, 0.1) is 0 Å². The summed E-state index contributed by atoms with van der Waals surface area (Å²) in [6.07, 6.45) is 0. The largest absolute Gasteiger partial charge is 0.230 e. The van der Waals surface area contributed by atoms with Gasteiger partial charge in [-0.3, -0.25) is 0 Å². The molecule has 0 unspecified atom stereocenters. The van der Waals surface area contributed by atoms with Crippen molar-refractivity contribution in [2.24, 2.45) is 0 Å². The van der Waals surface area contributed by atoms with E-state index in [1.165, 1.54) is 78.7 Å². The molecule has 7 aromatic carbocycles. The van der Waals surface area contributed by atoms with Crippen molar-refractivity contribution < 1.29 is 0 Å². The Kier molecular flexibility index (Phi) is 10.2. The second-order valence-corrected chi connectivity index (χ2v) is 45.9. The van der Waals surface area contributed by atoms with Crippen LogP contribution in [0.5, 0.6) is 0 Å². The molecule has 7 aromatic rings. The first-order chi connectivity index (χ1) is 26.2. The summed E-state index contributed by atoms with van der Waals surface area (Å²) in [7, 11) is 0. The average Bonchev–Trinajstić information content (AvgIpc) is 3.88. The molecule has 0 saturated heterocycles. The summed E-state index contributed by atoms with van der Waals surface area (Å²) in [5.41, 5.74) is 7.12. The van der Waals surface area contributed by atoms with Gasteiger partial charge in [-0.2, -0.15) is 0 Å². The molecule has 0 saturated carbocycles. The van der Waals surface area contributed by atoms with Gasteiger partial charge in [0.25, 0.3) is 0 Å². The third-order valence-corrected chi connectivity index (χ3v) is 39.0. The molecule has 0 atom stereocenters. The van der Waals surface area contributed by atoms with E-state index in [9.17, 15) is 0 Å². The van der Waals surface area contributed by atoms with E-state index in [1.54, 1.807) is 0 Å². The van der Waals surface area contributed by atoms with Gasteiger partial charge in [0, 0.05) is 42.4 Å². The minimum atomic E-state index is -1.95. The molecule has 264 valence electrons. The summed E-state index contributed by atoms with van der Waals surface area (Å²) in [6.45, 7) is 0. The van der Waals surface area contributed by atoms with Crippen LogP contribution in [0.4, 0.5) is 0 Å². The Balaban J connectivity index is 1.07. The van der Waals surface area contributed by atoms with Gasteiger partial charge in [-0.1, -0.05) is 154 Å². The summed E-state index contributed by atoms with van der Waals surface area (Å²) in [5.74, 6) is 0. The zero-order valence-corrected chi connectivity index (χ0v) is 38.3. The van der Waals surface area contributed by atoms with Gasteiger partial charge >= 0.3 is 0 Å². The van der Waals surface area contributed by atoms with Gasteiger partial charge < -0.3 is 0 Å². The van der Waals surface area contributed by atoms with Crippen LogP contribution in [0.2, 0.25) is 0 Å². The SMILES string of the molecule is S=P1(c2cccc(-c3cc(-c4cccc(P5(=S)Sc6ccccc6S5)c4)cc(-c4cccc([P+]5(S)Sc6ccccc6S5)c4)c3)c2)Sc2ccccc2S1. The van der Waals surface area contributed by atoms with Gasteiger partial charge in [-0.15, -0.1) is 0 Å². The van der Waals surface area contributed by atoms with Crippen LogP contribution in [0.1, 0.15) is 0 Å². The molecule has 0 amide bonds. The van der Waals surface area contributed by atoms with Crippen LogP contribution < -0.4 is 15.9 Å². The number of rotatable bonds is 6. The molecule has 3 aliphatic heterocycles. The van der Waals surface area contributed by atoms with E-state index < -0.39 is 13.8 Å². The molecule has 54 heavy (non-hydrogen) atoms. The van der Waals surface area contributed by atoms with E-state index in [0.717, 1.165) is 0 Å². The third-order valence-electron chi connectivity index (χ3n) is 9.30. The minimum Gasteiger partial charge on any atom is -0.0720 e. The van der Waals surface area contributed by atoms with E-state index in [0.29, 0.717) is 0 Å². The van der Waals surface area contributed by atoms with Gasteiger partial charge in [0.2, 0.25) is 4.87 Å². The lowest BCUT2D eigenvalue weighted by Gasteiger charge is -2.18. The maximum atomic E-state index is 6.48.